The Bertz CT molecular complexity index is 624. The van der Waals surface area contributed by atoms with Gasteiger partial charge in [-0.1, -0.05) is 66.7 Å². The molecule has 0 aromatic heterocycles. The van der Waals surface area contributed by atoms with E-state index in [4.69, 9.17) is 11.5 Å². The largest absolute Gasteiger partial charge is 0.369 e. The molecule has 0 aliphatic carbocycles. The summed E-state index contributed by atoms with van der Waals surface area (Å²) >= 11 is 0. The molecule has 0 atom stereocenters. The Hall–Kier alpha value is -2.88. The molecule has 4 heteroatoms. The number of rotatable bonds is 4. The molecule has 0 saturated carbocycles. The molecular formula is C16H16N4. The fourth-order valence-electron chi connectivity index (χ4n) is 1.65. The van der Waals surface area contributed by atoms with E-state index in [2.05, 4.69) is 10.2 Å². The van der Waals surface area contributed by atoms with Crippen molar-refractivity contribution >= 4 is 17.7 Å². The standard InChI is InChI=1S/C16H16N4/c17-16(18)20-19-15(14-9-5-2-6-10-14)12-11-13-7-3-1-4-8-13/h1-12H,(H4,17,18,20)/b12-11+,19-15-. The minimum absolute atomic E-state index is 0.0634. The molecule has 0 radical (unpaired) electrons. The summed E-state index contributed by atoms with van der Waals surface area (Å²) in [4.78, 5) is 0. The van der Waals surface area contributed by atoms with Crippen LogP contribution in [0.2, 0.25) is 0 Å². The summed E-state index contributed by atoms with van der Waals surface area (Å²) < 4.78 is 0. The lowest BCUT2D eigenvalue weighted by molar-refractivity contribution is 1.20. The quantitative estimate of drug-likeness (QED) is 0.505. The molecule has 2 rings (SSSR count). The Labute approximate surface area is 118 Å². The van der Waals surface area contributed by atoms with Crippen LogP contribution in [0.15, 0.2) is 76.9 Å². The maximum absolute atomic E-state index is 5.32. The highest BCUT2D eigenvalue weighted by Gasteiger charge is 1.98. The summed E-state index contributed by atoms with van der Waals surface area (Å²) in [5, 5.41) is 7.80. The third-order valence-electron chi connectivity index (χ3n) is 2.58. The van der Waals surface area contributed by atoms with Crippen LogP contribution in [0.25, 0.3) is 6.08 Å². The lowest BCUT2D eigenvalue weighted by Crippen LogP contribution is -2.22. The summed E-state index contributed by atoms with van der Waals surface area (Å²) in [5.41, 5.74) is 13.4. The molecule has 0 fully saturated rings. The van der Waals surface area contributed by atoms with Crippen molar-refractivity contribution < 1.29 is 0 Å². The van der Waals surface area contributed by atoms with Gasteiger partial charge in [0.25, 0.3) is 0 Å². The number of benzene rings is 2. The first-order chi connectivity index (χ1) is 9.75. The van der Waals surface area contributed by atoms with Crippen molar-refractivity contribution in [2.45, 2.75) is 0 Å². The molecule has 0 aliphatic heterocycles. The number of nitrogens with two attached hydrogens (primary N) is 2. The van der Waals surface area contributed by atoms with Gasteiger partial charge in [0, 0.05) is 5.56 Å². The molecule has 100 valence electrons. The molecule has 0 amide bonds. The van der Waals surface area contributed by atoms with E-state index >= 15 is 0 Å². The van der Waals surface area contributed by atoms with Gasteiger partial charge in [-0.3, -0.25) is 0 Å². The molecule has 0 aliphatic rings. The Morgan fingerprint density at radius 3 is 2.00 bits per heavy atom. The van der Waals surface area contributed by atoms with Crippen LogP contribution < -0.4 is 11.5 Å². The third-order valence-corrected chi connectivity index (χ3v) is 2.58. The zero-order valence-corrected chi connectivity index (χ0v) is 11.0. The lowest BCUT2D eigenvalue weighted by Gasteiger charge is -2.00. The van der Waals surface area contributed by atoms with E-state index in [1.807, 2.05) is 72.8 Å². The van der Waals surface area contributed by atoms with Crippen molar-refractivity contribution in [2.24, 2.45) is 21.7 Å². The second-order valence-electron chi connectivity index (χ2n) is 4.12. The van der Waals surface area contributed by atoms with Gasteiger partial charge in [-0.05, 0) is 11.6 Å². The van der Waals surface area contributed by atoms with Gasteiger partial charge in [0.1, 0.15) is 0 Å². The van der Waals surface area contributed by atoms with E-state index in [9.17, 15) is 0 Å². The lowest BCUT2D eigenvalue weighted by atomic mass is 10.1. The maximum Gasteiger partial charge on any atom is 0.211 e. The zero-order valence-electron chi connectivity index (χ0n) is 11.0. The summed E-state index contributed by atoms with van der Waals surface area (Å²) in [6.45, 7) is 0. The molecule has 2 aromatic carbocycles. The number of hydrogen-bond acceptors (Lipinski definition) is 2. The van der Waals surface area contributed by atoms with Gasteiger partial charge >= 0.3 is 0 Å². The highest BCUT2D eigenvalue weighted by molar-refractivity contribution is 6.10. The monoisotopic (exact) mass is 264 g/mol. The van der Waals surface area contributed by atoms with Gasteiger partial charge in [-0.2, -0.15) is 0 Å². The van der Waals surface area contributed by atoms with Crippen LogP contribution in [0.3, 0.4) is 0 Å². The molecule has 4 N–H and O–H groups in total. The highest BCUT2D eigenvalue weighted by Crippen LogP contribution is 2.07. The molecular weight excluding hydrogens is 248 g/mol. The van der Waals surface area contributed by atoms with Crippen LogP contribution >= 0.6 is 0 Å². The first-order valence-electron chi connectivity index (χ1n) is 6.21. The predicted molar refractivity (Wildman–Crippen MR) is 84.3 cm³/mol. The summed E-state index contributed by atoms with van der Waals surface area (Å²) in [6.07, 6.45) is 3.85. The van der Waals surface area contributed by atoms with Crippen LogP contribution in [0.4, 0.5) is 0 Å². The van der Waals surface area contributed by atoms with Gasteiger partial charge in [0.05, 0.1) is 5.71 Å². The Balaban J connectivity index is 2.31. The fourth-order valence-corrected chi connectivity index (χ4v) is 1.65. The van der Waals surface area contributed by atoms with Gasteiger partial charge in [-0.15, -0.1) is 10.2 Å². The van der Waals surface area contributed by atoms with Crippen LogP contribution in [-0.2, 0) is 0 Å². The zero-order chi connectivity index (χ0) is 14.2. The Morgan fingerprint density at radius 1 is 0.800 bits per heavy atom. The van der Waals surface area contributed by atoms with Gasteiger partial charge in [-0.25, -0.2) is 0 Å². The predicted octanol–water partition coefficient (Wildman–Crippen LogP) is 2.38. The fraction of sp³-hybridized carbons (Fsp3) is 0. The number of allylic oxidation sites excluding steroid dienone is 1. The second-order valence-corrected chi connectivity index (χ2v) is 4.12. The Kier molecular flexibility index (Phi) is 4.67. The second kappa shape index (κ2) is 6.89. The normalized spacial score (nSPS) is 11.5. The first kappa shape index (κ1) is 13.5. The number of guanidine groups is 1. The van der Waals surface area contributed by atoms with Crippen LogP contribution in [0, 0.1) is 0 Å². The number of hydrogen-bond donors (Lipinski definition) is 2. The van der Waals surface area contributed by atoms with Crippen LogP contribution in [0.1, 0.15) is 11.1 Å². The molecule has 2 aromatic rings. The van der Waals surface area contributed by atoms with Crippen molar-refractivity contribution in [3.05, 3.63) is 77.9 Å². The molecule has 0 saturated heterocycles. The third kappa shape index (κ3) is 4.10. The van der Waals surface area contributed by atoms with E-state index in [1.54, 1.807) is 0 Å². The van der Waals surface area contributed by atoms with Crippen molar-refractivity contribution in [3.8, 4) is 0 Å². The smallest absolute Gasteiger partial charge is 0.211 e. The van der Waals surface area contributed by atoms with E-state index in [0.717, 1.165) is 11.1 Å². The maximum atomic E-state index is 5.32. The van der Waals surface area contributed by atoms with Gasteiger partial charge < -0.3 is 11.5 Å². The average molecular weight is 264 g/mol. The summed E-state index contributed by atoms with van der Waals surface area (Å²) in [6, 6.07) is 19.7. The average Bonchev–Trinajstić information content (AvgIpc) is 2.49. The molecule has 0 spiro atoms. The summed E-state index contributed by atoms with van der Waals surface area (Å²) in [7, 11) is 0. The molecule has 0 unspecified atom stereocenters. The van der Waals surface area contributed by atoms with Crippen LogP contribution in [0.5, 0.6) is 0 Å². The number of nitrogens with zero attached hydrogens (tertiary/aromatic N) is 2. The SMILES string of the molecule is NC(N)=N/N=C(/C=C/c1ccccc1)c1ccccc1. The van der Waals surface area contributed by atoms with Crippen molar-refractivity contribution in [1.29, 1.82) is 0 Å². The van der Waals surface area contributed by atoms with Crippen molar-refractivity contribution in [1.82, 2.24) is 0 Å². The first-order valence-corrected chi connectivity index (χ1v) is 6.21. The molecule has 4 nitrogen and oxygen atoms in total. The summed E-state index contributed by atoms with van der Waals surface area (Å²) in [5.74, 6) is -0.0634. The van der Waals surface area contributed by atoms with E-state index in [1.165, 1.54) is 0 Å². The minimum Gasteiger partial charge on any atom is -0.369 e. The van der Waals surface area contributed by atoms with E-state index in [-0.39, 0.29) is 5.96 Å². The van der Waals surface area contributed by atoms with E-state index in [0.29, 0.717) is 5.71 Å². The van der Waals surface area contributed by atoms with Gasteiger partial charge in [0.15, 0.2) is 0 Å². The van der Waals surface area contributed by atoms with Crippen molar-refractivity contribution in [2.75, 3.05) is 0 Å². The van der Waals surface area contributed by atoms with Crippen LogP contribution in [-0.4, -0.2) is 11.7 Å². The topological polar surface area (TPSA) is 76.8 Å². The Morgan fingerprint density at radius 2 is 1.40 bits per heavy atom. The molecule has 0 bridgehead atoms. The highest BCUT2D eigenvalue weighted by atomic mass is 15.3. The van der Waals surface area contributed by atoms with E-state index < -0.39 is 0 Å². The van der Waals surface area contributed by atoms with Gasteiger partial charge in [0.2, 0.25) is 5.96 Å². The van der Waals surface area contributed by atoms with Crippen molar-refractivity contribution in [3.63, 3.8) is 0 Å². The minimum atomic E-state index is -0.0634. The molecule has 20 heavy (non-hydrogen) atoms. The molecule has 0 heterocycles.